The van der Waals surface area contributed by atoms with Gasteiger partial charge in [-0.25, -0.2) is 0 Å². The molecule has 0 bridgehead atoms. The molecule has 0 aliphatic carbocycles. The molecule has 126 valence electrons. The third-order valence-electron chi connectivity index (χ3n) is 5.23. The Bertz CT molecular complexity index is 548. The summed E-state index contributed by atoms with van der Waals surface area (Å²) in [5, 5.41) is 0.778. The molecule has 1 aromatic carbocycles. The highest BCUT2D eigenvalue weighted by Crippen LogP contribution is 2.38. The third-order valence-corrected chi connectivity index (χ3v) is 5.48. The van der Waals surface area contributed by atoms with Gasteiger partial charge in [-0.15, -0.1) is 0 Å². The van der Waals surface area contributed by atoms with Crippen LogP contribution in [0.4, 0.5) is 0 Å². The van der Waals surface area contributed by atoms with Crippen molar-refractivity contribution in [1.82, 2.24) is 9.80 Å². The molecule has 1 atom stereocenters. The normalized spacial score (nSPS) is 24.7. The van der Waals surface area contributed by atoms with Crippen LogP contribution in [0.5, 0.6) is 0 Å². The van der Waals surface area contributed by atoms with Crippen molar-refractivity contribution >= 4 is 17.5 Å². The monoisotopic (exact) mass is 336 g/mol. The number of hydrogen-bond acceptors (Lipinski definition) is 3. The zero-order valence-corrected chi connectivity index (χ0v) is 14.5. The van der Waals surface area contributed by atoms with Crippen molar-refractivity contribution in [3.63, 3.8) is 0 Å². The first-order valence-electron chi connectivity index (χ1n) is 8.39. The smallest absolute Gasteiger partial charge is 0.224 e. The molecule has 1 aromatic rings. The summed E-state index contributed by atoms with van der Waals surface area (Å²) in [6, 6.07) is 8.11. The largest absolute Gasteiger partial charge is 0.384 e. The molecular weight excluding hydrogens is 312 g/mol. The standard InChI is InChI=1S/C18H25ClN2O2/c1-23-12-7-17(22)20-11-9-18(14-20)8-2-10-21(18)13-15-3-5-16(19)6-4-15/h3-6H,2,7-14H2,1H3/t18-/m1/s1. The van der Waals surface area contributed by atoms with Gasteiger partial charge in [0.05, 0.1) is 13.0 Å². The lowest BCUT2D eigenvalue weighted by Gasteiger charge is -2.35. The van der Waals surface area contributed by atoms with Crippen molar-refractivity contribution in [3.05, 3.63) is 34.9 Å². The second-order valence-corrected chi connectivity index (χ2v) is 7.12. The number of benzene rings is 1. The van der Waals surface area contributed by atoms with Gasteiger partial charge in [0.25, 0.3) is 0 Å². The highest BCUT2D eigenvalue weighted by Gasteiger charge is 2.46. The van der Waals surface area contributed by atoms with E-state index in [2.05, 4.69) is 17.0 Å². The quantitative estimate of drug-likeness (QED) is 0.828. The van der Waals surface area contributed by atoms with E-state index in [9.17, 15) is 4.79 Å². The fraction of sp³-hybridized carbons (Fsp3) is 0.611. The van der Waals surface area contributed by atoms with Gasteiger partial charge in [-0.1, -0.05) is 23.7 Å². The maximum Gasteiger partial charge on any atom is 0.224 e. The number of carbonyl (C=O) groups is 1. The first-order chi connectivity index (χ1) is 11.1. The lowest BCUT2D eigenvalue weighted by atomic mass is 9.94. The number of halogens is 1. The van der Waals surface area contributed by atoms with E-state index in [0.717, 1.165) is 37.6 Å². The molecule has 0 unspecified atom stereocenters. The molecule has 1 amide bonds. The van der Waals surface area contributed by atoms with Gasteiger partial charge in [-0.3, -0.25) is 9.69 Å². The van der Waals surface area contributed by atoms with E-state index < -0.39 is 0 Å². The number of carbonyl (C=O) groups excluding carboxylic acids is 1. The van der Waals surface area contributed by atoms with Gasteiger partial charge in [0.1, 0.15) is 0 Å². The van der Waals surface area contributed by atoms with E-state index in [1.807, 2.05) is 17.0 Å². The lowest BCUT2D eigenvalue weighted by molar-refractivity contribution is -0.131. The van der Waals surface area contributed by atoms with Crippen molar-refractivity contribution in [1.29, 1.82) is 0 Å². The summed E-state index contributed by atoms with van der Waals surface area (Å²) in [6.45, 7) is 4.31. The van der Waals surface area contributed by atoms with Crippen LogP contribution in [-0.4, -0.2) is 54.6 Å². The molecule has 3 rings (SSSR count). The minimum Gasteiger partial charge on any atom is -0.384 e. The summed E-state index contributed by atoms with van der Waals surface area (Å²) >= 11 is 5.98. The van der Waals surface area contributed by atoms with Gasteiger partial charge in [-0.2, -0.15) is 0 Å². The molecule has 2 fully saturated rings. The van der Waals surface area contributed by atoms with Crippen LogP contribution in [0.15, 0.2) is 24.3 Å². The van der Waals surface area contributed by atoms with Crippen molar-refractivity contribution in [2.75, 3.05) is 33.4 Å². The molecule has 1 spiro atoms. The van der Waals surface area contributed by atoms with E-state index in [4.69, 9.17) is 16.3 Å². The van der Waals surface area contributed by atoms with E-state index >= 15 is 0 Å². The second kappa shape index (κ2) is 7.20. The topological polar surface area (TPSA) is 32.8 Å². The summed E-state index contributed by atoms with van der Waals surface area (Å²) in [4.78, 5) is 16.9. The Hall–Kier alpha value is -1.10. The predicted octanol–water partition coefficient (Wildman–Crippen LogP) is 2.94. The molecular formula is C18H25ClN2O2. The van der Waals surface area contributed by atoms with Crippen LogP contribution in [0, 0.1) is 0 Å². The zero-order valence-electron chi connectivity index (χ0n) is 13.8. The zero-order chi connectivity index (χ0) is 16.3. The number of nitrogens with zero attached hydrogens (tertiary/aromatic N) is 2. The Balaban J connectivity index is 1.64. The summed E-state index contributed by atoms with van der Waals surface area (Å²) in [7, 11) is 1.64. The molecule has 4 nitrogen and oxygen atoms in total. The summed E-state index contributed by atoms with van der Waals surface area (Å²) in [6.07, 6.45) is 3.98. The van der Waals surface area contributed by atoms with Crippen molar-refractivity contribution in [3.8, 4) is 0 Å². The van der Waals surface area contributed by atoms with Crippen molar-refractivity contribution in [2.45, 2.75) is 37.8 Å². The maximum atomic E-state index is 12.3. The fourth-order valence-electron chi connectivity index (χ4n) is 3.93. The van der Waals surface area contributed by atoms with Crippen LogP contribution in [0.25, 0.3) is 0 Å². The molecule has 5 heteroatoms. The average Bonchev–Trinajstić information content (AvgIpc) is 3.15. The van der Waals surface area contributed by atoms with Gasteiger partial charge < -0.3 is 9.64 Å². The molecule has 0 radical (unpaired) electrons. The van der Waals surface area contributed by atoms with Gasteiger partial charge in [0.2, 0.25) is 5.91 Å². The van der Waals surface area contributed by atoms with E-state index in [-0.39, 0.29) is 11.4 Å². The first-order valence-corrected chi connectivity index (χ1v) is 8.77. The number of amides is 1. The number of rotatable bonds is 5. The van der Waals surface area contributed by atoms with Crippen LogP contribution < -0.4 is 0 Å². The number of likely N-dealkylation sites (tertiary alicyclic amines) is 2. The predicted molar refractivity (Wildman–Crippen MR) is 91.5 cm³/mol. The molecule has 2 saturated heterocycles. The van der Waals surface area contributed by atoms with Crippen LogP contribution in [0.2, 0.25) is 5.02 Å². The molecule has 23 heavy (non-hydrogen) atoms. The van der Waals surface area contributed by atoms with Crippen LogP contribution >= 0.6 is 11.6 Å². The van der Waals surface area contributed by atoms with Gasteiger partial charge >= 0.3 is 0 Å². The molecule has 2 heterocycles. The molecule has 0 aromatic heterocycles. The molecule has 0 N–H and O–H groups in total. The van der Waals surface area contributed by atoms with Crippen LogP contribution in [-0.2, 0) is 16.1 Å². The lowest BCUT2D eigenvalue weighted by Crippen LogP contribution is -2.46. The summed E-state index contributed by atoms with van der Waals surface area (Å²) in [5.74, 6) is 0.224. The Kier molecular flexibility index (Phi) is 5.24. The summed E-state index contributed by atoms with van der Waals surface area (Å²) < 4.78 is 5.03. The van der Waals surface area contributed by atoms with E-state index in [1.165, 1.54) is 18.4 Å². The SMILES string of the molecule is COCCC(=O)N1CC[C@]2(CCCN2Cc2ccc(Cl)cc2)C1. The minimum absolute atomic E-state index is 0.169. The minimum atomic E-state index is 0.169. The van der Waals surface area contributed by atoms with Gasteiger partial charge in [0.15, 0.2) is 0 Å². The average molecular weight is 337 g/mol. The van der Waals surface area contributed by atoms with Gasteiger partial charge in [-0.05, 0) is 43.5 Å². The van der Waals surface area contributed by atoms with Crippen LogP contribution in [0.1, 0.15) is 31.2 Å². The highest BCUT2D eigenvalue weighted by atomic mass is 35.5. The number of hydrogen-bond donors (Lipinski definition) is 0. The van der Waals surface area contributed by atoms with Crippen molar-refractivity contribution in [2.24, 2.45) is 0 Å². The number of methoxy groups -OCH3 is 1. The molecule has 2 aliphatic heterocycles. The third kappa shape index (κ3) is 3.70. The van der Waals surface area contributed by atoms with E-state index in [0.29, 0.717) is 13.0 Å². The Morgan fingerprint density at radius 3 is 2.78 bits per heavy atom. The second-order valence-electron chi connectivity index (χ2n) is 6.68. The van der Waals surface area contributed by atoms with Crippen molar-refractivity contribution < 1.29 is 9.53 Å². The first kappa shape index (κ1) is 16.7. The Labute approximate surface area is 143 Å². The maximum absolute atomic E-state index is 12.3. The highest BCUT2D eigenvalue weighted by molar-refractivity contribution is 6.30. The Morgan fingerprint density at radius 1 is 1.26 bits per heavy atom. The number of ether oxygens (including phenoxy) is 1. The van der Waals surface area contributed by atoms with Crippen LogP contribution in [0.3, 0.4) is 0 Å². The molecule has 0 saturated carbocycles. The Morgan fingerprint density at radius 2 is 2.04 bits per heavy atom. The molecule has 2 aliphatic rings. The van der Waals surface area contributed by atoms with E-state index in [1.54, 1.807) is 7.11 Å². The summed E-state index contributed by atoms with van der Waals surface area (Å²) in [5.41, 5.74) is 1.46. The van der Waals surface area contributed by atoms with Gasteiger partial charge in [0, 0.05) is 37.3 Å². The fourth-order valence-corrected chi connectivity index (χ4v) is 4.06.